The second-order valence-electron chi connectivity index (χ2n) is 13.2. The Bertz CT molecular complexity index is 2050. The van der Waals surface area contributed by atoms with Crippen LogP contribution in [0.1, 0.15) is 115 Å². The number of hydrogen-bond acceptors (Lipinski definition) is 7. The lowest BCUT2D eigenvalue weighted by Gasteiger charge is -2.27. The van der Waals surface area contributed by atoms with E-state index in [-0.39, 0.29) is 47.3 Å². The molecule has 1 saturated heterocycles. The Kier molecular flexibility index (Phi) is 10.4. The molecular weight excluding hydrogens is 671 g/mol. The Morgan fingerprint density at radius 3 is 2.21 bits per heavy atom. The average Bonchev–Trinajstić information content (AvgIpc) is 3.67. The van der Waals surface area contributed by atoms with Crippen molar-refractivity contribution in [3.05, 3.63) is 87.0 Å². The zero-order valence-corrected chi connectivity index (χ0v) is 28.9. The molecule has 14 heteroatoms. The van der Waals surface area contributed by atoms with E-state index in [0.29, 0.717) is 52.4 Å². The molecule has 52 heavy (non-hydrogen) atoms. The number of H-pyrrole nitrogens is 1. The number of piperidine rings is 1. The summed E-state index contributed by atoms with van der Waals surface area (Å²) in [6.07, 6.45) is 6.98. The van der Waals surface area contributed by atoms with Crippen molar-refractivity contribution in [3.8, 4) is 0 Å². The van der Waals surface area contributed by atoms with Crippen LogP contribution in [0.15, 0.2) is 36.4 Å². The maximum atomic E-state index is 13.8. The second kappa shape index (κ2) is 15.1. The summed E-state index contributed by atoms with van der Waals surface area (Å²) in [6, 6.07) is 7.30. The number of carbonyl (C=O) groups is 7. The first-order valence-corrected chi connectivity index (χ1v) is 17.4. The van der Waals surface area contributed by atoms with Crippen LogP contribution >= 0.6 is 0 Å². The van der Waals surface area contributed by atoms with E-state index in [9.17, 15) is 38.0 Å². The SMILES string of the molecule is Cc1[nH]c(/C=C2\C(=O)Nc3ccc(F)cc32)c(C)c1C(=O)NCCCCCCCCNC(=O)c1ccc2c(c1)C(=O)N(C1CCC(=O)NC1=O)C2=O. The van der Waals surface area contributed by atoms with Crippen molar-refractivity contribution in [1.29, 1.82) is 0 Å². The summed E-state index contributed by atoms with van der Waals surface area (Å²) >= 11 is 0. The summed E-state index contributed by atoms with van der Waals surface area (Å²) in [7, 11) is 0. The number of carbonyl (C=O) groups excluding carboxylic acids is 7. The minimum absolute atomic E-state index is 0.0255. The molecule has 270 valence electrons. The molecule has 3 aliphatic rings. The van der Waals surface area contributed by atoms with Gasteiger partial charge in [0, 0.05) is 47.7 Å². The number of benzene rings is 2. The zero-order valence-electron chi connectivity index (χ0n) is 28.9. The van der Waals surface area contributed by atoms with Gasteiger partial charge in [0.15, 0.2) is 0 Å². The Balaban J connectivity index is 0.886. The molecule has 7 amide bonds. The Labute approximate surface area is 298 Å². The lowest BCUT2D eigenvalue weighted by atomic mass is 10.0. The number of amides is 7. The predicted molar refractivity (Wildman–Crippen MR) is 189 cm³/mol. The lowest BCUT2D eigenvalue weighted by Crippen LogP contribution is -2.54. The average molecular weight is 711 g/mol. The monoisotopic (exact) mass is 710 g/mol. The summed E-state index contributed by atoms with van der Waals surface area (Å²) in [4.78, 5) is 92.0. The number of halogens is 1. The van der Waals surface area contributed by atoms with Gasteiger partial charge in [0.1, 0.15) is 11.9 Å². The van der Waals surface area contributed by atoms with Gasteiger partial charge in [0.05, 0.1) is 22.3 Å². The van der Waals surface area contributed by atoms with Gasteiger partial charge in [-0.15, -0.1) is 0 Å². The molecule has 0 spiro atoms. The van der Waals surface area contributed by atoms with Crippen molar-refractivity contribution >= 4 is 58.7 Å². The minimum Gasteiger partial charge on any atom is -0.358 e. The Hall–Kier alpha value is -5.92. The molecule has 1 unspecified atom stereocenters. The number of nitrogens with zero attached hydrogens (tertiary/aromatic N) is 1. The summed E-state index contributed by atoms with van der Waals surface area (Å²) in [6.45, 7) is 4.54. The number of aromatic nitrogens is 1. The van der Waals surface area contributed by atoms with Crippen molar-refractivity contribution in [3.63, 3.8) is 0 Å². The lowest BCUT2D eigenvalue weighted by molar-refractivity contribution is -0.136. The van der Waals surface area contributed by atoms with Gasteiger partial charge in [0.25, 0.3) is 29.5 Å². The van der Waals surface area contributed by atoms with Crippen molar-refractivity contribution in [2.75, 3.05) is 18.4 Å². The van der Waals surface area contributed by atoms with E-state index in [1.54, 1.807) is 19.9 Å². The van der Waals surface area contributed by atoms with Crippen molar-refractivity contribution in [2.24, 2.45) is 0 Å². The molecule has 3 aliphatic heterocycles. The van der Waals surface area contributed by atoms with Crippen LogP contribution in [-0.2, 0) is 14.4 Å². The van der Waals surface area contributed by atoms with E-state index < -0.39 is 35.5 Å². The number of fused-ring (bicyclic) bond motifs is 2. The highest BCUT2D eigenvalue weighted by atomic mass is 19.1. The molecule has 0 bridgehead atoms. The standard InChI is InChI=1S/C38H39FN6O7/c1-20-29(19-26-25-18-23(39)10-12-28(25)43-34(26)48)42-21(2)32(20)36(50)41-16-8-6-4-3-5-7-15-40-33(47)22-9-11-24-27(17-22)38(52)45(37(24)51)30-13-14-31(46)44-35(30)49/h9-12,17-19,30,42H,3-8,13-16H2,1-2H3,(H,40,47)(H,41,50)(H,43,48)(H,44,46,49)/b26-19-. The molecule has 0 saturated carbocycles. The molecule has 0 radical (unpaired) electrons. The van der Waals surface area contributed by atoms with E-state index in [0.717, 1.165) is 43.4 Å². The van der Waals surface area contributed by atoms with Gasteiger partial charge < -0.3 is 20.9 Å². The first kappa shape index (κ1) is 35.9. The third kappa shape index (κ3) is 7.27. The van der Waals surface area contributed by atoms with Crippen LogP contribution < -0.4 is 21.3 Å². The fourth-order valence-corrected chi connectivity index (χ4v) is 6.87. The number of rotatable bonds is 13. The molecule has 4 heterocycles. The fraction of sp³-hybridized carbons (Fsp3) is 0.342. The summed E-state index contributed by atoms with van der Waals surface area (Å²) in [5, 5.41) is 10.7. The highest BCUT2D eigenvalue weighted by Gasteiger charge is 2.44. The fourth-order valence-electron chi connectivity index (χ4n) is 6.87. The molecule has 1 aromatic heterocycles. The van der Waals surface area contributed by atoms with Crippen LogP contribution in [0.5, 0.6) is 0 Å². The van der Waals surface area contributed by atoms with E-state index in [1.165, 1.54) is 36.4 Å². The Morgan fingerprint density at radius 1 is 0.827 bits per heavy atom. The van der Waals surface area contributed by atoms with Gasteiger partial charge in [-0.3, -0.25) is 43.8 Å². The predicted octanol–water partition coefficient (Wildman–Crippen LogP) is 4.16. The van der Waals surface area contributed by atoms with Gasteiger partial charge in [-0.05, 0) is 81.1 Å². The minimum atomic E-state index is -1.07. The van der Waals surface area contributed by atoms with Crippen LogP contribution in [0.3, 0.4) is 0 Å². The summed E-state index contributed by atoms with van der Waals surface area (Å²) < 4.78 is 13.8. The quantitative estimate of drug-likeness (QED) is 0.100. The molecule has 3 aromatic rings. The van der Waals surface area contributed by atoms with Crippen LogP contribution in [0.4, 0.5) is 10.1 Å². The van der Waals surface area contributed by atoms with Gasteiger partial charge in [-0.25, -0.2) is 4.39 Å². The van der Waals surface area contributed by atoms with Crippen LogP contribution in [-0.4, -0.2) is 70.4 Å². The first-order valence-electron chi connectivity index (χ1n) is 17.4. The molecule has 2 aromatic carbocycles. The molecule has 6 rings (SSSR count). The van der Waals surface area contributed by atoms with Crippen LogP contribution in [0.2, 0.25) is 0 Å². The number of hydrogen-bond donors (Lipinski definition) is 5. The van der Waals surface area contributed by atoms with Crippen molar-refractivity contribution in [1.82, 2.24) is 25.8 Å². The number of imide groups is 2. The first-order chi connectivity index (χ1) is 24.9. The largest absolute Gasteiger partial charge is 0.358 e. The molecule has 1 fully saturated rings. The topological polar surface area (TPSA) is 187 Å². The maximum absolute atomic E-state index is 13.8. The second-order valence-corrected chi connectivity index (χ2v) is 13.2. The number of unbranched alkanes of at least 4 members (excludes halogenated alkanes) is 5. The molecule has 1 atom stereocenters. The third-order valence-corrected chi connectivity index (χ3v) is 9.63. The Morgan fingerprint density at radius 2 is 1.50 bits per heavy atom. The van der Waals surface area contributed by atoms with Gasteiger partial charge in [-0.1, -0.05) is 25.7 Å². The summed E-state index contributed by atoms with van der Waals surface area (Å²) in [5.41, 5.74) is 4.23. The maximum Gasteiger partial charge on any atom is 0.262 e. The number of anilines is 1. The van der Waals surface area contributed by atoms with E-state index in [4.69, 9.17) is 0 Å². The molecule has 5 N–H and O–H groups in total. The van der Waals surface area contributed by atoms with E-state index in [1.807, 2.05) is 0 Å². The van der Waals surface area contributed by atoms with Crippen LogP contribution in [0.25, 0.3) is 11.6 Å². The van der Waals surface area contributed by atoms with Crippen LogP contribution in [0, 0.1) is 19.7 Å². The van der Waals surface area contributed by atoms with Crippen molar-refractivity contribution in [2.45, 2.75) is 71.3 Å². The highest BCUT2D eigenvalue weighted by molar-refractivity contribution is 6.35. The van der Waals surface area contributed by atoms with E-state index in [2.05, 4.69) is 26.3 Å². The molecule has 0 aliphatic carbocycles. The number of nitrogens with one attached hydrogen (secondary N) is 5. The number of aryl methyl sites for hydroxylation is 1. The smallest absolute Gasteiger partial charge is 0.262 e. The highest BCUT2D eigenvalue weighted by Crippen LogP contribution is 2.34. The van der Waals surface area contributed by atoms with Crippen molar-refractivity contribution < 1.29 is 38.0 Å². The van der Waals surface area contributed by atoms with Gasteiger partial charge in [0.2, 0.25) is 11.8 Å². The third-order valence-electron chi connectivity index (χ3n) is 9.63. The zero-order chi connectivity index (χ0) is 37.1. The number of aromatic amines is 1. The summed E-state index contributed by atoms with van der Waals surface area (Å²) in [5.74, 6) is -3.79. The molecular formula is C38H39FN6O7. The molecule has 13 nitrogen and oxygen atoms in total. The van der Waals surface area contributed by atoms with Gasteiger partial charge >= 0.3 is 0 Å². The normalized spacial score (nSPS) is 17.3. The van der Waals surface area contributed by atoms with Gasteiger partial charge in [-0.2, -0.15) is 0 Å². The van der Waals surface area contributed by atoms with E-state index >= 15 is 0 Å².